The molecule has 0 radical (unpaired) electrons. The summed E-state index contributed by atoms with van der Waals surface area (Å²) in [7, 11) is 0. The molecule has 0 aromatic heterocycles. The number of amidine groups is 1. The zero-order valence-electron chi connectivity index (χ0n) is 6.12. The van der Waals surface area contributed by atoms with Crippen LogP contribution in [0.4, 0.5) is 0 Å². The van der Waals surface area contributed by atoms with Crippen LogP contribution in [0, 0.1) is 5.41 Å². The molecule has 0 aliphatic heterocycles. The summed E-state index contributed by atoms with van der Waals surface area (Å²) in [6.45, 7) is 0. The average molecular weight is 152 g/mol. The first-order chi connectivity index (χ1) is 5.30. The van der Waals surface area contributed by atoms with Gasteiger partial charge in [0.05, 0.1) is 0 Å². The van der Waals surface area contributed by atoms with E-state index < -0.39 is 0 Å². The van der Waals surface area contributed by atoms with Crippen LogP contribution in [0.3, 0.4) is 0 Å². The molecule has 0 amide bonds. The van der Waals surface area contributed by atoms with Gasteiger partial charge < -0.3 is 5.73 Å². The molecule has 0 bridgehead atoms. The van der Waals surface area contributed by atoms with Crippen molar-refractivity contribution in [2.24, 2.45) is 17.4 Å². The first-order valence-electron chi connectivity index (χ1n) is 3.03. The number of benzene rings is 1. The second kappa shape index (κ2) is 5.40. The lowest BCUT2D eigenvalue weighted by molar-refractivity contribution is 1.26. The molecule has 0 atom stereocenters. The number of rotatable bonds is 1. The summed E-state index contributed by atoms with van der Waals surface area (Å²) in [6, 6.07) is 9.23. The van der Waals surface area contributed by atoms with Gasteiger partial charge in [-0.1, -0.05) is 30.3 Å². The number of nitrogens with one attached hydrogen (secondary N) is 1. The summed E-state index contributed by atoms with van der Waals surface area (Å²) in [4.78, 5) is 0. The molecule has 4 nitrogen and oxygen atoms in total. The molecule has 0 aliphatic rings. The average Bonchev–Trinajstić information content (AvgIpc) is 2.10. The normalized spacial score (nSPS) is 7.82. The molecule has 11 heavy (non-hydrogen) atoms. The van der Waals surface area contributed by atoms with Gasteiger partial charge in [-0.2, -0.15) is 0 Å². The minimum absolute atomic E-state index is 0.121. The largest absolute Gasteiger partial charge is 0.384 e. The van der Waals surface area contributed by atoms with E-state index in [9.17, 15) is 0 Å². The maximum Gasteiger partial charge on any atom is 0.122 e. The molecule has 0 fully saturated rings. The van der Waals surface area contributed by atoms with Crippen molar-refractivity contribution in [2.45, 2.75) is 0 Å². The monoisotopic (exact) mass is 152 g/mol. The number of nitrogens with two attached hydrogens (primary N) is 3. The van der Waals surface area contributed by atoms with Crippen LogP contribution < -0.4 is 17.4 Å². The number of hydrogen-bond donors (Lipinski definition) is 4. The summed E-state index contributed by atoms with van der Waals surface area (Å²) in [5.41, 5.74) is 5.97. The molecule has 7 N–H and O–H groups in total. The van der Waals surface area contributed by atoms with Gasteiger partial charge in [-0.15, -0.1) is 0 Å². The standard InChI is InChI=1S/C7H8N2.H4N2/c8-7(9)6-4-2-1-3-5-6;1-2/h1-5H,(H3,8,9);1-2H2. The summed E-state index contributed by atoms with van der Waals surface area (Å²) >= 11 is 0. The third-order valence-corrected chi connectivity index (χ3v) is 1.08. The fourth-order valence-corrected chi connectivity index (χ4v) is 0.618. The van der Waals surface area contributed by atoms with Crippen LogP contribution in [0.25, 0.3) is 0 Å². The van der Waals surface area contributed by atoms with Crippen molar-refractivity contribution in [1.82, 2.24) is 0 Å². The van der Waals surface area contributed by atoms with E-state index in [1.165, 1.54) is 0 Å². The van der Waals surface area contributed by atoms with Gasteiger partial charge in [0.2, 0.25) is 0 Å². The number of hydrogen-bond acceptors (Lipinski definition) is 3. The Bertz CT molecular complexity index is 207. The summed E-state index contributed by atoms with van der Waals surface area (Å²) < 4.78 is 0. The van der Waals surface area contributed by atoms with Crippen LogP contribution in [0.2, 0.25) is 0 Å². The van der Waals surface area contributed by atoms with Crippen LogP contribution in [-0.2, 0) is 0 Å². The molecule has 1 aromatic carbocycles. The molecular weight excluding hydrogens is 140 g/mol. The summed E-state index contributed by atoms with van der Waals surface area (Å²) in [6.07, 6.45) is 0. The van der Waals surface area contributed by atoms with Crippen molar-refractivity contribution < 1.29 is 0 Å². The van der Waals surface area contributed by atoms with E-state index in [-0.39, 0.29) is 5.84 Å². The second-order valence-electron chi connectivity index (χ2n) is 1.78. The van der Waals surface area contributed by atoms with Gasteiger partial charge in [0.25, 0.3) is 0 Å². The molecule has 0 unspecified atom stereocenters. The SMILES string of the molecule is N=C(N)c1ccccc1.NN. The van der Waals surface area contributed by atoms with Gasteiger partial charge in [-0.25, -0.2) is 0 Å². The molecule has 0 spiro atoms. The lowest BCUT2D eigenvalue weighted by Crippen LogP contribution is -2.10. The van der Waals surface area contributed by atoms with Crippen LogP contribution >= 0.6 is 0 Å². The quantitative estimate of drug-likeness (QED) is 0.194. The minimum atomic E-state index is 0.121. The van der Waals surface area contributed by atoms with Crippen LogP contribution in [-0.4, -0.2) is 5.84 Å². The Kier molecular flexibility index (Phi) is 4.72. The van der Waals surface area contributed by atoms with E-state index in [2.05, 4.69) is 11.7 Å². The summed E-state index contributed by atoms with van der Waals surface area (Å²) in [5.74, 6) is 8.12. The van der Waals surface area contributed by atoms with E-state index in [4.69, 9.17) is 11.1 Å². The highest BCUT2D eigenvalue weighted by Crippen LogP contribution is 1.94. The van der Waals surface area contributed by atoms with Gasteiger partial charge in [0, 0.05) is 5.56 Å². The van der Waals surface area contributed by atoms with E-state index in [1.54, 1.807) is 0 Å². The van der Waals surface area contributed by atoms with E-state index >= 15 is 0 Å². The van der Waals surface area contributed by atoms with Gasteiger partial charge >= 0.3 is 0 Å². The van der Waals surface area contributed by atoms with E-state index in [1.807, 2.05) is 30.3 Å². The van der Waals surface area contributed by atoms with Crippen molar-refractivity contribution >= 4 is 5.84 Å². The smallest absolute Gasteiger partial charge is 0.122 e. The van der Waals surface area contributed by atoms with Crippen molar-refractivity contribution in [3.63, 3.8) is 0 Å². The predicted octanol–water partition coefficient (Wildman–Crippen LogP) is -0.211. The first kappa shape index (κ1) is 9.61. The fourth-order valence-electron chi connectivity index (χ4n) is 0.618. The Hall–Kier alpha value is -1.39. The highest BCUT2D eigenvalue weighted by Gasteiger charge is 1.89. The number of nitrogen functional groups attached to an aromatic ring is 1. The fraction of sp³-hybridized carbons (Fsp3) is 0. The molecular formula is C7H12N4. The topological polar surface area (TPSA) is 102 Å². The lowest BCUT2D eigenvalue weighted by atomic mass is 10.2. The van der Waals surface area contributed by atoms with E-state index in [0.717, 1.165) is 5.56 Å². The number of hydrazine groups is 1. The van der Waals surface area contributed by atoms with Crippen LogP contribution in [0.15, 0.2) is 30.3 Å². The molecule has 1 aromatic rings. The predicted molar refractivity (Wildman–Crippen MR) is 45.8 cm³/mol. The van der Waals surface area contributed by atoms with Crippen LogP contribution in [0.1, 0.15) is 5.56 Å². The van der Waals surface area contributed by atoms with Crippen LogP contribution in [0.5, 0.6) is 0 Å². The van der Waals surface area contributed by atoms with Crippen molar-refractivity contribution in [3.8, 4) is 0 Å². The maximum absolute atomic E-state index is 7.01. The first-order valence-corrected chi connectivity index (χ1v) is 3.03. The molecule has 0 saturated carbocycles. The Labute approximate surface area is 65.5 Å². The molecule has 0 aliphatic carbocycles. The molecule has 1 rings (SSSR count). The van der Waals surface area contributed by atoms with Gasteiger partial charge in [0.15, 0.2) is 0 Å². The molecule has 60 valence electrons. The van der Waals surface area contributed by atoms with Gasteiger partial charge in [0.1, 0.15) is 5.84 Å². The van der Waals surface area contributed by atoms with Crippen molar-refractivity contribution in [2.75, 3.05) is 0 Å². The summed E-state index contributed by atoms with van der Waals surface area (Å²) in [5, 5.41) is 7.01. The highest BCUT2D eigenvalue weighted by atomic mass is 15.0. The van der Waals surface area contributed by atoms with Crippen molar-refractivity contribution in [1.29, 1.82) is 5.41 Å². The van der Waals surface area contributed by atoms with E-state index in [0.29, 0.717) is 0 Å². The Morgan fingerprint density at radius 1 is 1.09 bits per heavy atom. The zero-order chi connectivity index (χ0) is 8.69. The second-order valence-corrected chi connectivity index (χ2v) is 1.78. The Morgan fingerprint density at radius 3 is 1.82 bits per heavy atom. The maximum atomic E-state index is 7.01. The molecule has 0 saturated heterocycles. The highest BCUT2D eigenvalue weighted by molar-refractivity contribution is 5.94. The molecule has 0 heterocycles. The minimum Gasteiger partial charge on any atom is -0.384 e. The third kappa shape index (κ3) is 3.34. The third-order valence-electron chi connectivity index (χ3n) is 1.08. The lowest BCUT2D eigenvalue weighted by Gasteiger charge is -1.93. The van der Waals surface area contributed by atoms with Crippen molar-refractivity contribution in [3.05, 3.63) is 35.9 Å². The molecule has 4 heteroatoms. The van der Waals surface area contributed by atoms with Gasteiger partial charge in [-0.3, -0.25) is 17.1 Å². The Balaban J connectivity index is 0.000000461. The Morgan fingerprint density at radius 2 is 1.55 bits per heavy atom. The zero-order valence-corrected chi connectivity index (χ0v) is 6.12. The van der Waals surface area contributed by atoms with Gasteiger partial charge in [-0.05, 0) is 0 Å².